The van der Waals surface area contributed by atoms with Gasteiger partial charge in [-0.15, -0.1) is 0 Å². The molecular formula is C71H67F8LiN12O14. The number of carboxylic acids is 1. The Labute approximate surface area is 607 Å². The summed E-state index contributed by atoms with van der Waals surface area (Å²) in [5.74, 6) is -6.58. The fourth-order valence-corrected chi connectivity index (χ4v) is 12.8. The summed E-state index contributed by atoms with van der Waals surface area (Å²) in [7, 11) is 4.07. The first-order valence-electron chi connectivity index (χ1n) is 32.4. The number of carboxylic acid groups (broad SMARTS) is 1. The molecule has 3 aliphatic heterocycles. The van der Waals surface area contributed by atoms with Crippen LogP contribution in [-0.4, -0.2) is 169 Å². The zero-order valence-electron chi connectivity index (χ0n) is 57.6. The van der Waals surface area contributed by atoms with Gasteiger partial charge in [-0.25, -0.2) is 47.1 Å². The standard InChI is InChI=1S/C34H30F4N6O6.C33H28F4N6O6.C4H8O.Li.H2O/c1-18-14-20(43-12-13-50-17-26(43)34(36,37)38)16-23(35)27(18)30(45)41-24(32(47)49-3)15-19-8-9-25(28-21(19)6-4-10-39-28)44-31(46)22-7-5-11-40-29(22)42(2)33(44)48;1-17-13-19(42-11-12-49-16-25(42)33(35,36)37)15-22(34)26(17)29(44)40-23(31(46)47)14-18-7-8-24(27-20(18)5-3-9-38-27)43-30(45)21-6-4-10-39-28(21)41(2)32(43)48;1-2-4-5-3-1;;/h4-11,14,16,24,26H,12-13,15,17H2,1-3H3,(H,41,45);3-10,13,15,23,25H,11-12,14,16H2,1-2H3,(H,40,44)(H,46,47);1-4H2;;1H2/q;;;+1;/p-1/t24-,26+;23-,25+;;;/m00.../s1. The number of aliphatic carboxylic acids is 1. The number of alkyl halides is 6. The zero-order chi connectivity index (χ0) is 74.6. The fourth-order valence-electron chi connectivity index (χ4n) is 12.8. The predicted octanol–water partition coefficient (Wildman–Crippen LogP) is 4.26. The van der Waals surface area contributed by atoms with Gasteiger partial charge in [-0.3, -0.25) is 38.3 Å². The largest absolute Gasteiger partial charge is 1.00 e. The number of aryl methyl sites for hydroxylation is 4. The number of hydrogen-bond acceptors (Lipinski definition) is 19. The van der Waals surface area contributed by atoms with E-state index in [0.29, 0.717) is 21.9 Å². The summed E-state index contributed by atoms with van der Waals surface area (Å²) < 4.78 is 137. The number of rotatable bonds is 14. The third-order valence-electron chi connectivity index (χ3n) is 17.9. The third-order valence-corrected chi connectivity index (χ3v) is 17.9. The molecule has 13 rings (SSSR count). The molecule has 0 unspecified atom stereocenters. The van der Waals surface area contributed by atoms with E-state index in [4.69, 9.17) is 18.9 Å². The number of pyridine rings is 4. The quantitative estimate of drug-likeness (QED) is 0.0778. The molecule has 3 fully saturated rings. The number of fused-ring (bicyclic) bond motifs is 4. The van der Waals surface area contributed by atoms with E-state index < -0.39 is 119 Å². The first kappa shape index (κ1) is 79.4. The van der Waals surface area contributed by atoms with Gasteiger partial charge in [0.05, 0.1) is 77.8 Å². The number of esters is 1. The maximum absolute atomic E-state index is 15.5. The summed E-state index contributed by atoms with van der Waals surface area (Å²) in [5.41, 5.74) is -1.67. The minimum atomic E-state index is -4.65. The summed E-state index contributed by atoms with van der Waals surface area (Å²) in [6.07, 6.45) is -1.37. The Morgan fingerprint density at radius 3 is 1.32 bits per heavy atom. The molecule has 9 heterocycles. The number of anilines is 2. The van der Waals surface area contributed by atoms with Crippen LogP contribution in [0.2, 0.25) is 0 Å². The van der Waals surface area contributed by atoms with E-state index in [1.165, 1.54) is 111 Å². The van der Waals surface area contributed by atoms with Crippen LogP contribution in [0.25, 0.3) is 55.2 Å². The van der Waals surface area contributed by atoms with Gasteiger partial charge in [-0.05, 0) is 122 Å². The Balaban J connectivity index is 0.000000226. The van der Waals surface area contributed by atoms with Crippen molar-refractivity contribution in [2.75, 3.05) is 69.6 Å². The van der Waals surface area contributed by atoms with Crippen molar-refractivity contribution in [1.82, 2.24) is 48.8 Å². The number of carbonyl (C=O) groups excluding carboxylic acids is 3. The molecule has 0 spiro atoms. The number of morpholine rings is 2. The number of carbonyl (C=O) groups is 4. The Morgan fingerprint density at radius 1 is 0.566 bits per heavy atom. The van der Waals surface area contributed by atoms with Crippen LogP contribution in [0.1, 0.15) is 55.8 Å². The Kier molecular flexibility index (Phi) is 24.8. The summed E-state index contributed by atoms with van der Waals surface area (Å²) in [6, 6.07) is 16.0. The minimum Gasteiger partial charge on any atom is -0.870 e. The van der Waals surface area contributed by atoms with Crippen molar-refractivity contribution in [3.8, 4) is 11.4 Å². The van der Waals surface area contributed by atoms with Crippen molar-refractivity contribution in [1.29, 1.82) is 0 Å². The Morgan fingerprint density at radius 2 is 0.953 bits per heavy atom. The molecule has 106 heavy (non-hydrogen) atoms. The minimum absolute atomic E-state index is 0. The number of aromatic nitrogens is 8. The second-order valence-corrected chi connectivity index (χ2v) is 24.5. The molecule has 4 aromatic carbocycles. The van der Waals surface area contributed by atoms with Gasteiger partial charge in [0.25, 0.3) is 22.9 Å². The monoisotopic (exact) mass is 1470 g/mol. The number of nitrogens with zero attached hydrogens (tertiary/aromatic N) is 10. The molecule has 0 aliphatic carbocycles. The Bertz CT molecular complexity index is 5210. The van der Waals surface area contributed by atoms with Gasteiger partial charge in [-0.2, -0.15) is 26.3 Å². The van der Waals surface area contributed by atoms with Crippen molar-refractivity contribution in [2.45, 2.75) is 76.1 Å². The van der Waals surface area contributed by atoms with Crippen LogP contribution >= 0.6 is 0 Å². The molecule has 0 bridgehead atoms. The number of ether oxygens (including phenoxy) is 4. The van der Waals surface area contributed by atoms with E-state index in [2.05, 4.69) is 30.6 Å². The molecule has 4 N–H and O–H groups in total. The Hall–Kier alpha value is -10.8. The molecule has 4 atom stereocenters. The van der Waals surface area contributed by atoms with Crippen molar-refractivity contribution in [3.05, 3.63) is 209 Å². The van der Waals surface area contributed by atoms with Gasteiger partial charge in [0, 0.05) is 100 Å². The number of hydrogen-bond donors (Lipinski definition) is 3. The normalized spacial score (nSPS) is 15.8. The smallest absolute Gasteiger partial charge is 0.870 e. The molecule has 2 amide bonds. The SMILES string of the molecule is C1CCOC1.COC(=O)[C@H](Cc1ccc(-n2c(=O)c3cccnc3n(C)c2=O)c2ncccc12)NC(=O)c1c(C)cc(N2CCOC[C@@H]2C(F)(F)F)cc1F.Cc1cc(N2CCOC[C@@H]2C(F)(F)F)cc(F)c1C(=O)N[C@@H](Cc1ccc(-n2c(=O)c3cccnc3n(C)c2=O)c2ncccc12)C(=O)O.[Li+].[OH-]. The second-order valence-electron chi connectivity index (χ2n) is 24.5. The number of halogens is 8. The molecule has 3 saturated heterocycles. The van der Waals surface area contributed by atoms with Gasteiger partial charge in [-0.1, -0.05) is 24.3 Å². The van der Waals surface area contributed by atoms with E-state index in [0.717, 1.165) is 51.4 Å². The van der Waals surface area contributed by atoms with Crippen molar-refractivity contribution in [3.63, 3.8) is 0 Å². The van der Waals surface area contributed by atoms with E-state index in [1.807, 2.05) is 0 Å². The maximum atomic E-state index is 15.5. The summed E-state index contributed by atoms with van der Waals surface area (Å²) in [6.45, 7) is 3.18. The van der Waals surface area contributed by atoms with Gasteiger partial charge in [0.2, 0.25) is 0 Å². The fraction of sp³-hybridized carbons (Fsp3) is 0.324. The number of nitrogens with one attached hydrogen (secondary N) is 2. The molecule has 0 saturated carbocycles. The average molecular weight is 1470 g/mol. The molecule has 10 aromatic rings. The number of benzene rings is 4. The molecule has 0 radical (unpaired) electrons. The van der Waals surface area contributed by atoms with Crippen LogP contribution in [-0.2, 0) is 55.5 Å². The van der Waals surface area contributed by atoms with Crippen molar-refractivity contribution >= 4 is 79.0 Å². The van der Waals surface area contributed by atoms with Gasteiger partial charge in [0.1, 0.15) is 47.1 Å². The first-order chi connectivity index (χ1) is 49.6. The first-order valence-corrected chi connectivity index (χ1v) is 32.4. The van der Waals surface area contributed by atoms with Gasteiger partial charge in [0.15, 0.2) is 0 Å². The van der Waals surface area contributed by atoms with Crippen LogP contribution in [0.3, 0.4) is 0 Å². The molecular weight excluding hydrogens is 1400 g/mol. The molecule has 35 heteroatoms. The molecule has 552 valence electrons. The van der Waals surface area contributed by atoms with Crippen LogP contribution in [0, 0.1) is 25.5 Å². The van der Waals surface area contributed by atoms with E-state index in [1.54, 1.807) is 48.5 Å². The van der Waals surface area contributed by atoms with E-state index in [9.17, 15) is 69.8 Å². The van der Waals surface area contributed by atoms with Gasteiger partial charge >= 0.3 is 54.5 Å². The zero-order valence-corrected chi connectivity index (χ0v) is 57.6. The van der Waals surface area contributed by atoms with Crippen LogP contribution in [0.15, 0.2) is 141 Å². The van der Waals surface area contributed by atoms with E-state index >= 15 is 8.78 Å². The molecule has 3 aliphatic rings. The summed E-state index contributed by atoms with van der Waals surface area (Å²) >= 11 is 0. The van der Waals surface area contributed by atoms with Crippen molar-refractivity contribution < 1.29 is 103 Å². The third kappa shape index (κ3) is 16.4. The van der Waals surface area contributed by atoms with E-state index in [-0.39, 0.29) is 130 Å². The molecule has 26 nitrogen and oxygen atoms in total. The summed E-state index contributed by atoms with van der Waals surface area (Å²) in [4.78, 5) is 125. The summed E-state index contributed by atoms with van der Waals surface area (Å²) in [5, 5.41) is 16.1. The number of amides is 2. The van der Waals surface area contributed by atoms with Crippen LogP contribution in [0.5, 0.6) is 0 Å². The van der Waals surface area contributed by atoms with Crippen molar-refractivity contribution in [2.24, 2.45) is 14.1 Å². The second kappa shape index (κ2) is 33.1. The van der Waals surface area contributed by atoms with Crippen LogP contribution in [0.4, 0.5) is 46.5 Å². The average Bonchev–Trinajstić information content (AvgIpc) is 0.812. The van der Waals surface area contributed by atoms with Gasteiger partial charge < -0.3 is 50.0 Å². The maximum Gasteiger partial charge on any atom is 1.00 e. The van der Waals surface area contributed by atoms with Crippen LogP contribution < -0.4 is 61.8 Å². The predicted molar refractivity (Wildman–Crippen MR) is 366 cm³/mol. The molecule has 6 aromatic heterocycles. The number of methoxy groups -OCH3 is 1. The topological polar surface area (TPSA) is 326 Å².